The van der Waals surface area contributed by atoms with Gasteiger partial charge in [0, 0.05) is 32.4 Å². The fraction of sp³-hybridized carbons (Fsp3) is 0.469. The number of halogens is 1. The van der Waals surface area contributed by atoms with Crippen molar-refractivity contribution in [1.82, 2.24) is 20.1 Å². The molecule has 1 fully saturated rings. The number of alkyl carbamates (subject to hydrolysis) is 1. The van der Waals surface area contributed by atoms with Gasteiger partial charge in [0.1, 0.15) is 22.4 Å². The van der Waals surface area contributed by atoms with Crippen molar-refractivity contribution in [3.05, 3.63) is 58.1 Å². The lowest BCUT2D eigenvalue weighted by atomic mass is 9.93. The number of benzene rings is 2. The molecule has 11 heteroatoms. The van der Waals surface area contributed by atoms with Gasteiger partial charge >= 0.3 is 6.09 Å². The van der Waals surface area contributed by atoms with Gasteiger partial charge in [0.2, 0.25) is 5.43 Å². The number of nitrogens with one attached hydrogen (secondary N) is 2. The van der Waals surface area contributed by atoms with Gasteiger partial charge in [-0.05, 0) is 64.9 Å². The molecular weight excluding hydrogens is 553 g/mol. The number of amides is 2. The molecule has 230 valence electrons. The molecule has 43 heavy (non-hydrogen) atoms. The van der Waals surface area contributed by atoms with Crippen LogP contribution in [0.4, 0.5) is 14.9 Å². The molecule has 1 saturated heterocycles. The Morgan fingerprint density at radius 1 is 1.16 bits per heavy atom. The summed E-state index contributed by atoms with van der Waals surface area (Å²) >= 11 is 0. The van der Waals surface area contributed by atoms with Crippen LogP contribution in [0.1, 0.15) is 51.4 Å². The summed E-state index contributed by atoms with van der Waals surface area (Å²) in [5.41, 5.74) is -0.313. The number of pyridine rings is 1. The second-order valence-corrected chi connectivity index (χ2v) is 13.4. The van der Waals surface area contributed by atoms with E-state index in [9.17, 15) is 14.4 Å². The van der Waals surface area contributed by atoms with E-state index in [4.69, 9.17) is 9.47 Å². The first-order valence-electron chi connectivity index (χ1n) is 14.5. The maximum absolute atomic E-state index is 16.0. The number of hydrogen-bond donors (Lipinski definition) is 2. The zero-order valence-electron chi connectivity index (χ0n) is 25.8. The zero-order chi connectivity index (χ0) is 31.3. The number of hydrogen-bond acceptors (Lipinski definition) is 7. The Bertz CT molecular complexity index is 1640. The van der Waals surface area contributed by atoms with Crippen LogP contribution in [0.3, 0.4) is 0 Å². The predicted molar refractivity (Wildman–Crippen MR) is 164 cm³/mol. The Morgan fingerprint density at radius 2 is 1.88 bits per heavy atom. The Kier molecular flexibility index (Phi) is 7.89. The third kappa shape index (κ3) is 6.31. The SMILES string of the molecule is CN(C)CC(C)(C)CNC(=O)c1cn2c3c(c(N4CCC(NC(=O)OC(C)(C)C)C4)c(F)cc3c1=O)Oc1ccccc1-2. The van der Waals surface area contributed by atoms with E-state index in [-0.39, 0.29) is 33.8 Å². The Balaban J connectivity index is 1.53. The van der Waals surface area contributed by atoms with Gasteiger partial charge in [0.25, 0.3) is 5.91 Å². The highest BCUT2D eigenvalue weighted by molar-refractivity contribution is 6.01. The van der Waals surface area contributed by atoms with Crippen molar-refractivity contribution in [2.75, 3.05) is 45.2 Å². The van der Waals surface area contributed by atoms with E-state index in [1.54, 1.807) is 37.5 Å². The number of anilines is 1. The van der Waals surface area contributed by atoms with E-state index in [0.29, 0.717) is 43.0 Å². The van der Waals surface area contributed by atoms with Gasteiger partial charge < -0.3 is 34.5 Å². The summed E-state index contributed by atoms with van der Waals surface area (Å²) < 4.78 is 29.4. The molecule has 1 atom stereocenters. The third-order valence-electron chi connectivity index (χ3n) is 7.45. The molecule has 10 nitrogen and oxygen atoms in total. The van der Waals surface area contributed by atoms with Crippen LogP contribution >= 0.6 is 0 Å². The van der Waals surface area contributed by atoms with Crippen LogP contribution in [-0.2, 0) is 4.74 Å². The molecule has 2 amide bonds. The summed E-state index contributed by atoms with van der Waals surface area (Å²) in [7, 11) is 3.92. The lowest BCUT2D eigenvalue weighted by Gasteiger charge is -2.30. The van der Waals surface area contributed by atoms with E-state index in [2.05, 4.69) is 10.6 Å². The maximum Gasteiger partial charge on any atom is 0.407 e. The molecule has 3 heterocycles. The lowest BCUT2D eigenvalue weighted by molar-refractivity contribution is 0.0508. The molecule has 0 aliphatic carbocycles. The summed E-state index contributed by atoms with van der Waals surface area (Å²) in [6, 6.07) is 8.14. The van der Waals surface area contributed by atoms with Crippen molar-refractivity contribution in [2.24, 2.45) is 5.41 Å². The number of rotatable bonds is 7. The highest BCUT2D eigenvalue weighted by Crippen LogP contribution is 2.47. The van der Waals surface area contributed by atoms with Gasteiger partial charge in [-0.1, -0.05) is 26.0 Å². The van der Waals surface area contributed by atoms with Crippen molar-refractivity contribution in [3.8, 4) is 17.2 Å². The van der Waals surface area contributed by atoms with E-state index < -0.39 is 28.8 Å². The van der Waals surface area contributed by atoms with Crippen LogP contribution in [-0.4, -0.2) is 73.4 Å². The van der Waals surface area contributed by atoms with Crippen LogP contribution < -0.4 is 25.7 Å². The van der Waals surface area contributed by atoms with Gasteiger partial charge in [0.15, 0.2) is 17.3 Å². The van der Waals surface area contributed by atoms with Gasteiger partial charge in [-0.3, -0.25) is 9.59 Å². The Morgan fingerprint density at radius 3 is 2.58 bits per heavy atom. The molecule has 2 aliphatic rings. The molecule has 2 aliphatic heterocycles. The van der Waals surface area contributed by atoms with Crippen molar-refractivity contribution in [1.29, 1.82) is 0 Å². The fourth-order valence-electron chi connectivity index (χ4n) is 5.89. The molecular formula is C32H40FN5O5. The highest BCUT2D eigenvalue weighted by Gasteiger charge is 2.34. The van der Waals surface area contributed by atoms with Gasteiger partial charge in [-0.2, -0.15) is 0 Å². The van der Waals surface area contributed by atoms with Gasteiger partial charge in [-0.25, -0.2) is 9.18 Å². The molecule has 0 saturated carbocycles. The average Bonchev–Trinajstić information content (AvgIpc) is 3.34. The first-order valence-corrected chi connectivity index (χ1v) is 14.5. The summed E-state index contributed by atoms with van der Waals surface area (Å²) in [6.45, 7) is 11.3. The van der Waals surface area contributed by atoms with Crippen molar-refractivity contribution in [3.63, 3.8) is 0 Å². The molecule has 0 bridgehead atoms. The molecule has 0 spiro atoms. The molecule has 1 unspecified atom stereocenters. The average molecular weight is 594 g/mol. The summed E-state index contributed by atoms with van der Waals surface area (Å²) in [4.78, 5) is 43.3. The molecule has 0 radical (unpaired) electrons. The quantitative estimate of drug-likeness (QED) is 0.321. The fourth-order valence-corrected chi connectivity index (χ4v) is 5.89. The van der Waals surface area contributed by atoms with Gasteiger partial charge in [0.05, 0.1) is 17.1 Å². The van der Waals surface area contributed by atoms with Crippen LogP contribution in [0.15, 0.2) is 41.3 Å². The van der Waals surface area contributed by atoms with Crippen molar-refractivity contribution < 1.29 is 23.5 Å². The normalized spacial score (nSPS) is 16.2. The number of fused-ring (bicyclic) bond motifs is 2. The van der Waals surface area contributed by atoms with E-state index in [1.807, 2.05) is 49.9 Å². The molecule has 2 N–H and O–H groups in total. The Labute approximate surface area is 250 Å². The highest BCUT2D eigenvalue weighted by atomic mass is 19.1. The summed E-state index contributed by atoms with van der Waals surface area (Å²) in [5, 5.41) is 5.82. The van der Waals surface area contributed by atoms with Crippen LogP contribution in [0, 0.1) is 11.2 Å². The van der Waals surface area contributed by atoms with Gasteiger partial charge in [-0.15, -0.1) is 0 Å². The lowest BCUT2D eigenvalue weighted by Crippen LogP contribution is -2.41. The zero-order valence-corrected chi connectivity index (χ0v) is 25.8. The Hall–Kier alpha value is -4.12. The smallest absolute Gasteiger partial charge is 0.407 e. The molecule has 1 aromatic heterocycles. The topological polar surface area (TPSA) is 105 Å². The van der Waals surface area contributed by atoms with E-state index >= 15 is 4.39 Å². The second-order valence-electron chi connectivity index (χ2n) is 13.4. The minimum absolute atomic E-state index is 0.0496. The number of carbonyl (C=O) groups is 2. The summed E-state index contributed by atoms with van der Waals surface area (Å²) in [5.74, 6) is -0.503. The first kappa shape index (κ1) is 30.3. The minimum Gasteiger partial charge on any atom is -0.451 e. The standard InChI is InChI=1S/C32H40FN5O5/c1-31(2,3)43-30(41)35-19-12-13-37(15-19)26-22(33)14-20-25-28(26)42-24-11-9-8-10-23(24)38(25)16-21(27(20)39)29(40)34-17-32(4,5)18-36(6)7/h8-11,14,16,19H,12-13,15,17-18H2,1-7H3,(H,34,40)(H,35,41). The first-order chi connectivity index (χ1) is 20.1. The second kappa shape index (κ2) is 11.2. The predicted octanol–water partition coefficient (Wildman–Crippen LogP) is 4.66. The largest absolute Gasteiger partial charge is 0.451 e. The molecule has 3 aromatic rings. The molecule has 5 rings (SSSR count). The number of nitrogens with zero attached hydrogens (tertiary/aromatic N) is 3. The van der Waals surface area contributed by atoms with Crippen molar-refractivity contribution in [2.45, 2.75) is 52.7 Å². The van der Waals surface area contributed by atoms with Crippen LogP contribution in [0.2, 0.25) is 0 Å². The molecule has 2 aromatic carbocycles. The summed E-state index contributed by atoms with van der Waals surface area (Å²) in [6.07, 6.45) is 1.56. The van der Waals surface area contributed by atoms with Crippen molar-refractivity contribution >= 4 is 28.6 Å². The maximum atomic E-state index is 16.0. The number of carbonyl (C=O) groups excluding carboxylic acids is 2. The third-order valence-corrected chi connectivity index (χ3v) is 7.45. The van der Waals surface area contributed by atoms with E-state index in [0.717, 1.165) is 6.54 Å². The number of para-hydroxylation sites is 2. The number of aromatic nitrogens is 1. The monoisotopic (exact) mass is 593 g/mol. The van der Waals surface area contributed by atoms with Crippen LogP contribution in [0.25, 0.3) is 16.6 Å². The van der Waals surface area contributed by atoms with Crippen LogP contribution in [0.5, 0.6) is 11.5 Å². The van der Waals surface area contributed by atoms with E-state index in [1.165, 1.54) is 12.3 Å². The number of ether oxygens (including phenoxy) is 2. The minimum atomic E-state index is -0.645.